The largest absolute Gasteiger partial charge is 0.287 e. The summed E-state index contributed by atoms with van der Waals surface area (Å²) in [5.41, 5.74) is -0.521. The Morgan fingerprint density at radius 1 is 1.17 bits per heavy atom. The number of hydrogen-bond acceptors (Lipinski definition) is 2. The monoisotopic (exact) mass is 394 g/mol. The van der Waals surface area contributed by atoms with Crippen molar-refractivity contribution in [1.29, 1.82) is 0 Å². The van der Waals surface area contributed by atoms with E-state index in [2.05, 4.69) is 31.9 Å². The predicted molar refractivity (Wildman–Crippen MR) is 74.2 cm³/mol. The molecule has 0 saturated heterocycles. The van der Waals surface area contributed by atoms with Gasteiger partial charge < -0.3 is 0 Å². The summed E-state index contributed by atoms with van der Waals surface area (Å²) >= 11 is 7.44. The van der Waals surface area contributed by atoms with Crippen LogP contribution in [0.15, 0.2) is 27.1 Å². The number of rotatable bonds is 2. The van der Waals surface area contributed by atoms with Gasteiger partial charge in [0.2, 0.25) is 5.78 Å². The fourth-order valence-electron chi connectivity index (χ4n) is 1.45. The second-order valence-electron chi connectivity index (χ2n) is 3.59. The zero-order valence-electron chi connectivity index (χ0n) is 9.06. The minimum atomic E-state index is -0.867. The van der Waals surface area contributed by atoms with Gasteiger partial charge in [-0.2, -0.15) is 0 Å². The normalized spacial score (nSPS) is 10.7. The Bertz CT molecular complexity index is 594. The van der Waals surface area contributed by atoms with E-state index in [4.69, 9.17) is 0 Å². The Morgan fingerprint density at radius 3 is 2.17 bits per heavy atom. The van der Waals surface area contributed by atoms with E-state index in [1.165, 1.54) is 11.3 Å². The van der Waals surface area contributed by atoms with Crippen LogP contribution in [0.1, 0.15) is 20.1 Å². The van der Waals surface area contributed by atoms with Crippen LogP contribution in [0.2, 0.25) is 0 Å². The summed E-state index contributed by atoms with van der Waals surface area (Å²) in [6.45, 7) is 1.82. The van der Waals surface area contributed by atoms with Crippen LogP contribution in [-0.2, 0) is 0 Å². The van der Waals surface area contributed by atoms with E-state index in [1.54, 1.807) is 6.07 Å². The van der Waals surface area contributed by atoms with Gasteiger partial charge in [-0.15, -0.1) is 11.3 Å². The maximum Gasteiger partial charge on any atom is 0.208 e. The van der Waals surface area contributed by atoms with Gasteiger partial charge in [0, 0.05) is 13.8 Å². The molecule has 18 heavy (non-hydrogen) atoms. The molecular weight excluding hydrogens is 390 g/mol. The zero-order chi connectivity index (χ0) is 13.4. The van der Waals surface area contributed by atoms with Crippen molar-refractivity contribution in [3.63, 3.8) is 0 Å². The van der Waals surface area contributed by atoms with Gasteiger partial charge >= 0.3 is 0 Å². The maximum atomic E-state index is 13.7. The Labute approximate surface area is 123 Å². The molecule has 0 atom stereocenters. The van der Waals surface area contributed by atoms with Crippen molar-refractivity contribution in [2.75, 3.05) is 0 Å². The van der Waals surface area contributed by atoms with Crippen LogP contribution in [0.5, 0.6) is 0 Å². The van der Waals surface area contributed by atoms with Gasteiger partial charge in [0.25, 0.3) is 0 Å². The average Bonchev–Trinajstić information content (AvgIpc) is 2.57. The number of halogens is 4. The molecular formula is C12H6Br2F2OS. The van der Waals surface area contributed by atoms with Gasteiger partial charge in [0.1, 0.15) is 11.6 Å². The second-order valence-corrected chi connectivity index (χ2v) is 6.61. The molecule has 94 valence electrons. The highest BCUT2D eigenvalue weighted by Crippen LogP contribution is 2.30. The van der Waals surface area contributed by atoms with Crippen LogP contribution < -0.4 is 0 Å². The Morgan fingerprint density at radius 2 is 1.72 bits per heavy atom. The Balaban J connectivity index is 2.52. The van der Waals surface area contributed by atoms with Crippen molar-refractivity contribution in [3.05, 3.63) is 54.1 Å². The predicted octanol–water partition coefficient (Wildman–Crippen LogP) is 5.09. The van der Waals surface area contributed by atoms with Crippen molar-refractivity contribution in [3.8, 4) is 0 Å². The minimum Gasteiger partial charge on any atom is -0.287 e. The van der Waals surface area contributed by atoms with Crippen molar-refractivity contribution < 1.29 is 13.6 Å². The summed E-state index contributed by atoms with van der Waals surface area (Å²) in [4.78, 5) is 13.2. The van der Waals surface area contributed by atoms with E-state index >= 15 is 0 Å². The van der Waals surface area contributed by atoms with Crippen LogP contribution in [0, 0.1) is 18.6 Å². The molecule has 0 fully saturated rings. The van der Waals surface area contributed by atoms with Gasteiger partial charge in [0.15, 0.2) is 0 Å². The average molecular weight is 396 g/mol. The summed E-state index contributed by atoms with van der Waals surface area (Å²) in [6.07, 6.45) is 0. The van der Waals surface area contributed by atoms with E-state index in [1.807, 2.05) is 6.92 Å². The summed E-state index contributed by atoms with van der Waals surface area (Å²) in [7, 11) is 0. The standard InChI is InChI=1S/C12H6Br2F2OS/c1-5-7(14)4-10(18-5)12(17)11-8(15)2-6(13)3-9(11)16/h2-4H,1H3. The lowest BCUT2D eigenvalue weighted by atomic mass is 10.1. The highest BCUT2D eigenvalue weighted by Gasteiger charge is 2.21. The maximum absolute atomic E-state index is 13.7. The van der Waals surface area contributed by atoms with Crippen molar-refractivity contribution in [2.24, 2.45) is 0 Å². The first-order valence-electron chi connectivity index (χ1n) is 4.85. The number of carbonyl (C=O) groups is 1. The highest BCUT2D eigenvalue weighted by molar-refractivity contribution is 9.10. The van der Waals surface area contributed by atoms with E-state index in [0.717, 1.165) is 21.5 Å². The fraction of sp³-hybridized carbons (Fsp3) is 0.0833. The first-order valence-corrected chi connectivity index (χ1v) is 7.25. The van der Waals surface area contributed by atoms with E-state index in [0.29, 0.717) is 4.88 Å². The zero-order valence-corrected chi connectivity index (χ0v) is 13.0. The molecule has 0 unspecified atom stereocenters. The molecule has 0 aliphatic carbocycles. The third-order valence-electron chi connectivity index (χ3n) is 2.31. The Kier molecular flexibility index (Phi) is 3.99. The van der Waals surface area contributed by atoms with Crippen LogP contribution >= 0.6 is 43.2 Å². The van der Waals surface area contributed by atoms with Gasteiger partial charge in [-0.1, -0.05) is 15.9 Å². The van der Waals surface area contributed by atoms with Gasteiger partial charge in [0.05, 0.1) is 10.4 Å². The van der Waals surface area contributed by atoms with Crippen LogP contribution in [0.3, 0.4) is 0 Å². The number of ketones is 1. The van der Waals surface area contributed by atoms with Crippen LogP contribution in [0.25, 0.3) is 0 Å². The van der Waals surface area contributed by atoms with Crippen LogP contribution in [0.4, 0.5) is 8.78 Å². The first kappa shape index (κ1) is 13.8. The van der Waals surface area contributed by atoms with Crippen molar-refractivity contribution >= 4 is 49.0 Å². The summed E-state index contributed by atoms with van der Waals surface area (Å²) < 4.78 is 28.3. The molecule has 0 radical (unpaired) electrons. The number of thiophene rings is 1. The molecule has 0 amide bonds. The molecule has 6 heteroatoms. The van der Waals surface area contributed by atoms with Gasteiger partial charge in [-0.25, -0.2) is 8.78 Å². The summed E-state index contributed by atoms with van der Waals surface area (Å²) in [5.74, 6) is -2.38. The number of hydrogen-bond donors (Lipinski definition) is 0. The first-order chi connectivity index (χ1) is 8.40. The Hall–Kier alpha value is -0.590. The number of carbonyl (C=O) groups excluding carboxylic acids is 1. The second kappa shape index (κ2) is 5.19. The van der Waals surface area contributed by atoms with E-state index < -0.39 is 23.0 Å². The summed E-state index contributed by atoms with van der Waals surface area (Å²) in [5, 5.41) is 0. The SMILES string of the molecule is Cc1sc(C(=O)c2c(F)cc(Br)cc2F)cc1Br. The molecule has 2 aromatic rings. The highest BCUT2D eigenvalue weighted by atomic mass is 79.9. The van der Waals surface area contributed by atoms with Gasteiger partial charge in [-0.05, 0) is 41.1 Å². The lowest BCUT2D eigenvalue weighted by Crippen LogP contribution is -2.06. The molecule has 0 N–H and O–H groups in total. The van der Waals surface area contributed by atoms with E-state index in [-0.39, 0.29) is 4.47 Å². The third kappa shape index (κ3) is 2.55. The number of benzene rings is 1. The molecule has 0 bridgehead atoms. The molecule has 0 spiro atoms. The topological polar surface area (TPSA) is 17.1 Å². The number of aryl methyl sites for hydroxylation is 1. The molecule has 1 aromatic heterocycles. The molecule has 1 aromatic carbocycles. The summed E-state index contributed by atoms with van der Waals surface area (Å²) in [6, 6.07) is 3.72. The third-order valence-corrected chi connectivity index (χ3v) is 4.91. The molecule has 2 rings (SSSR count). The molecule has 0 aliphatic heterocycles. The lowest BCUT2D eigenvalue weighted by molar-refractivity contribution is 0.103. The fourth-order valence-corrected chi connectivity index (χ4v) is 3.34. The van der Waals surface area contributed by atoms with Gasteiger partial charge in [-0.3, -0.25) is 4.79 Å². The molecule has 0 saturated carbocycles. The quantitative estimate of drug-likeness (QED) is 0.647. The van der Waals surface area contributed by atoms with Crippen LogP contribution in [-0.4, -0.2) is 5.78 Å². The minimum absolute atomic E-state index is 0.262. The van der Waals surface area contributed by atoms with Crippen molar-refractivity contribution in [1.82, 2.24) is 0 Å². The lowest BCUT2D eigenvalue weighted by Gasteiger charge is -2.03. The van der Waals surface area contributed by atoms with Crippen molar-refractivity contribution in [2.45, 2.75) is 6.92 Å². The molecule has 1 heterocycles. The van der Waals surface area contributed by atoms with E-state index in [9.17, 15) is 13.6 Å². The smallest absolute Gasteiger partial charge is 0.208 e. The molecule has 0 aliphatic rings. The molecule has 1 nitrogen and oxygen atoms in total.